The van der Waals surface area contributed by atoms with Crippen molar-refractivity contribution in [3.8, 4) is 0 Å². The van der Waals surface area contributed by atoms with Crippen LogP contribution in [0, 0.1) is 0 Å². The van der Waals surface area contributed by atoms with E-state index >= 15 is 0 Å². The van der Waals surface area contributed by atoms with Crippen molar-refractivity contribution in [2.24, 2.45) is 0 Å². The third kappa shape index (κ3) is 4.59. The molecule has 0 aromatic carbocycles. The molecule has 1 spiro atoms. The van der Waals surface area contributed by atoms with E-state index in [1.165, 1.54) is 0 Å². The van der Waals surface area contributed by atoms with Crippen LogP contribution in [0.15, 0.2) is 0 Å². The largest absolute Gasteiger partial charge is 0.444 e. The van der Waals surface area contributed by atoms with E-state index in [0.717, 1.165) is 25.1 Å². The van der Waals surface area contributed by atoms with Gasteiger partial charge in [-0.3, -0.25) is 0 Å². The van der Waals surface area contributed by atoms with E-state index in [1.807, 2.05) is 37.4 Å². The van der Waals surface area contributed by atoms with Gasteiger partial charge in [0.15, 0.2) is 0 Å². The second kappa shape index (κ2) is 7.38. The normalized spacial score (nSPS) is 20.7. The molecule has 132 valence electrons. The number of urea groups is 1. The number of thioether (sulfide) groups is 1. The average Bonchev–Trinajstić information content (AvgIpc) is 2.87. The third-order valence-electron chi connectivity index (χ3n) is 3.99. The summed E-state index contributed by atoms with van der Waals surface area (Å²) in [5, 5.41) is 2.85. The minimum atomic E-state index is -0.484. The summed E-state index contributed by atoms with van der Waals surface area (Å²) in [5.74, 6) is 1.34. The molecular formula is C15H26ClN3O3S. The van der Waals surface area contributed by atoms with Crippen molar-refractivity contribution < 1.29 is 14.3 Å². The Bertz CT molecular complexity index is 448. The maximum absolute atomic E-state index is 12.3. The highest BCUT2D eigenvalue weighted by Gasteiger charge is 2.47. The molecule has 0 aromatic heterocycles. The molecule has 0 unspecified atom stereocenters. The van der Waals surface area contributed by atoms with Crippen molar-refractivity contribution in [1.82, 2.24) is 15.1 Å². The molecule has 2 aliphatic rings. The van der Waals surface area contributed by atoms with Gasteiger partial charge in [0.2, 0.25) is 0 Å². The van der Waals surface area contributed by atoms with Crippen LogP contribution < -0.4 is 5.32 Å². The number of nitrogens with one attached hydrogen (secondary N) is 1. The SMILES string of the molecule is CC(C)(C)OC(=O)N1CCC2(CC1)SCCN2C(=O)NCCCl. The molecule has 0 saturated carbocycles. The number of hydrogen-bond donors (Lipinski definition) is 1. The highest BCUT2D eigenvalue weighted by atomic mass is 35.5. The zero-order chi connectivity index (χ0) is 17.1. The van der Waals surface area contributed by atoms with Crippen molar-refractivity contribution in [2.75, 3.05) is 37.8 Å². The van der Waals surface area contributed by atoms with Gasteiger partial charge in [-0.25, -0.2) is 9.59 Å². The maximum atomic E-state index is 12.3. The summed E-state index contributed by atoms with van der Waals surface area (Å²) >= 11 is 7.46. The molecule has 0 radical (unpaired) electrons. The number of carbonyl (C=O) groups excluding carboxylic acids is 2. The molecule has 0 atom stereocenters. The predicted molar refractivity (Wildman–Crippen MR) is 93.1 cm³/mol. The maximum Gasteiger partial charge on any atom is 0.410 e. The van der Waals surface area contributed by atoms with Crippen LogP contribution in [-0.2, 0) is 4.74 Å². The number of ether oxygens (including phenoxy) is 1. The summed E-state index contributed by atoms with van der Waals surface area (Å²) in [6, 6.07) is -0.0543. The highest BCUT2D eigenvalue weighted by Crippen LogP contribution is 2.44. The molecule has 2 saturated heterocycles. The standard InChI is InChI=1S/C15H26ClN3O3S/c1-14(2,3)22-13(21)18-8-4-15(5-9-18)19(10-11-23-15)12(20)17-7-6-16/h4-11H2,1-3H3,(H,17,20). The molecule has 2 heterocycles. The van der Waals surface area contributed by atoms with E-state index in [0.29, 0.717) is 25.5 Å². The fraction of sp³-hybridized carbons (Fsp3) is 0.867. The van der Waals surface area contributed by atoms with Gasteiger partial charge in [-0.2, -0.15) is 0 Å². The van der Waals surface area contributed by atoms with Crippen LogP contribution in [0.2, 0.25) is 0 Å². The Kier molecular flexibility index (Phi) is 5.94. The molecule has 8 heteroatoms. The predicted octanol–water partition coefficient (Wildman–Crippen LogP) is 2.71. The van der Waals surface area contributed by atoms with Gasteiger partial charge >= 0.3 is 12.1 Å². The number of alkyl halides is 1. The summed E-state index contributed by atoms with van der Waals surface area (Å²) in [6.07, 6.45) is 1.27. The van der Waals surface area contributed by atoms with Gasteiger partial charge in [-0.1, -0.05) is 0 Å². The Hall–Kier alpha value is -0.820. The molecule has 1 N–H and O–H groups in total. The number of amides is 3. The highest BCUT2D eigenvalue weighted by molar-refractivity contribution is 8.00. The van der Waals surface area contributed by atoms with Crippen molar-refractivity contribution in [3.05, 3.63) is 0 Å². The van der Waals surface area contributed by atoms with E-state index in [9.17, 15) is 9.59 Å². The van der Waals surface area contributed by atoms with Gasteiger partial charge in [0.25, 0.3) is 0 Å². The first kappa shape index (κ1) is 18.5. The van der Waals surface area contributed by atoms with Crippen LogP contribution in [0.25, 0.3) is 0 Å². The van der Waals surface area contributed by atoms with Gasteiger partial charge in [0.1, 0.15) is 5.60 Å². The average molecular weight is 364 g/mol. The minimum Gasteiger partial charge on any atom is -0.444 e. The molecule has 23 heavy (non-hydrogen) atoms. The lowest BCUT2D eigenvalue weighted by Crippen LogP contribution is -2.56. The molecule has 3 amide bonds. The fourth-order valence-electron chi connectivity index (χ4n) is 2.92. The topological polar surface area (TPSA) is 61.9 Å². The molecule has 2 rings (SSSR count). The van der Waals surface area contributed by atoms with E-state index in [2.05, 4.69) is 5.32 Å². The molecule has 0 aromatic rings. The number of carbonyl (C=O) groups is 2. The Labute approximate surface area is 147 Å². The number of rotatable bonds is 2. The molecule has 0 bridgehead atoms. The number of hydrogen-bond acceptors (Lipinski definition) is 4. The van der Waals surface area contributed by atoms with E-state index in [1.54, 1.807) is 4.90 Å². The van der Waals surface area contributed by atoms with Gasteiger partial charge in [0.05, 0.1) is 4.87 Å². The van der Waals surface area contributed by atoms with Crippen LogP contribution in [0.1, 0.15) is 33.6 Å². The molecular weight excluding hydrogens is 338 g/mol. The van der Waals surface area contributed by atoms with Crippen LogP contribution >= 0.6 is 23.4 Å². The van der Waals surface area contributed by atoms with Crippen molar-refractivity contribution in [3.63, 3.8) is 0 Å². The quantitative estimate of drug-likeness (QED) is 0.766. The Balaban J connectivity index is 1.93. The Morgan fingerprint density at radius 1 is 1.26 bits per heavy atom. The van der Waals surface area contributed by atoms with Gasteiger partial charge < -0.3 is 19.9 Å². The summed E-state index contributed by atoms with van der Waals surface area (Å²) < 4.78 is 5.43. The third-order valence-corrected chi connectivity index (χ3v) is 5.73. The number of piperidine rings is 1. The zero-order valence-corrected chi connectivity index (χ0v) is 15.6. The van der Waals surface area contributed by atoms with Gasteiger partial charge in [-0.05, 0) is 33.6 Å². The minimum absolute atomic E-state index is 0.0543. The second-order valence-corrected chi connectivity index (χ2v) is 8.67. The van der Waals surface area contributed by atoms with Crippen LogP contribution in [0.5, 0.6) is 0 Å². The lowest BCUT2D eigenvalue weighted by atomic mass is 10.0. The smallest absolute Gasteiger partial charge is 0.410 e. The molecule has 6 nitrogen and oxygen atoms in total. The van der Waals surface area contributed by atoms with Gasteiger partial charge in [-0.15, -0.1) is 23.4 Å². The fourth-order valence-corrected chi connectivity index (χ4v) is 4.47. The summed E-state index contributed by atoms with van der Waals surface area (Å²) in [7, 11) is 0. The first-order chi connectivity index (χ1) is 10.8. The van der Waals surface area contributed by atoms with E-state index < -0.39 is 5.60 Å². The number of nitrogens with zero attached hydrogens (tertiary/aromatic N) is 2. The van der Waals surface area contributed by atoms with Crippen molar-refractivity contribution in [2.45, 2.75) is 44.1 Å². The van der Waals surface area contributed by atoms with E-state index in [4.69, 9.17) is 16.3 Å². The van der Waals surface area contributed by atoms with Crippen molar-refractivity contribution in [1.29, 1.82) is 0 Å². The van der Waals surface area contributed by atoms with Crippen LogP contribution in [0.3, 0.4) is 0 Å². The summed E-state index contributed by atoms with van der Waals surface area (Å²) in [6.45, 7) is 8.04. The zero-order valence-electron chi connectivity index (χ0n) is 14.1. The number of likely N-dealkylation sites (tertiary alicyclic amines) is 1. The first-order valence-corrected chi connectivity index (χ1v) is 9.53. The monoisotopic (exact) mass is 363 g/mol. The van der Waals surface area contributed by atoms with Crippen LogP contribution in [-0.4, -0.2) is 70.2 Å². The molecule has 2 fully saturated rings. The van der Waals surface area contributed by atoms with Gasteiger partial charge in [0, 0.05) is 37.8 Å². The van der Waals surface area contributed by atoms with Crippen molar-refractivity contribution >= 4 is 35.5 Å². The second-order valence-electron chi connectivity index (χ2n) is 6.83. The Morgan fingerprint density at radius 3 is 2.48 bits per heavy atom. The summed E-state index contributed by atoms with van der Waals surface area (Å²) in [5.41, 5.74) is -0.484. The lowest BCUT2D eigenvalue weighted by molar-refractivity contribution is 0.0151. The number of halogens is 1. The molecule has 0 aliphatic carbocycles. The van der Waals surface area contributed by atoms with Crippen LogP contribution in [0.4, 0.5) is 9.59 Å². The molecule has 2 aliphatic heterocycles. The Morgan fingerprint density at radius 2 is 1.91 bits per heavy atom. The first-order valence-electron chi connectivity index (χ1n) is 8.01. The van der Waals surface area contributed by atoms with E-state index in [-0.39, 0.29) is 17.0 Å². The lowest BCUT2D eigenvalue weighted by Gasteiger charge is -2.43. The summed E-state index contributed by atoms with van der Waals surface area (Å²) in [4.78, 5) is 27.9.